The van der Waals surface area contributed by atoms with E-state index in [9.17, 15) is 9.90 Å². The maximum atomic E-state index is 12.1. The zero-order valence-corrected chi connectivity index (χ0v) is 13.9. The molecule has 0 spiro atoms. The zero-order valence-electron chi connectivity index (χ0n) is 13.1. The number of rotatable bonds is 7. The third kappa shape index (κ3) is 5.30. The van der Waals surface area contributed by atoms with E-state index in [0.717, 1.165) is 18.6 Å². The number of ether oxygens (including phenoxy) is 1. The van der Waals surface area contributed by atoms with Crippen molar-refractivity contribution in [2.75, 3.05) is 25.1 Å². The van der Waals surface area contributed by atoms with Gasteiger partial charge in [0, 0.05) is 13.1 Å². The fourth-order valence-electron chi connectivity index (χ4n) is 2.59. The van der Waals surface area contributed by atoms with Gasteiger partial charge in [0.05, 0.1) is 12.7 Å². The molecule has 1 aliphatic rings. The Kier molecular flexibility index (Phi) is 7.22. The lowest BCUT2D eigenvalue weighted by molar-refractivity contribution is -0.143. The number of thioether (sulfide) groups is 1. The summed E-state index contributed by atoms with van der Waals surface area (Å²) in [7, 11) is 0. The van der Waals surface area contributed by atoms with Crippen LogP contribution in [0.3, 0.4) is 0 Å². The van der Waals surface area contributed by atoms with Crippen LogP contribution in [0.25, 0.3) is 0 Å². The van der Waals surface area contributed by atoms with Gasteiger partial charge in [0.2, 0.25) is 0 Å². The molecule has 1 fully saturated rings. The second kappa shape index (κ2) is 9.18. The predicted octanol–water partition coefficient (Wildman–Crippen LogP) is 2.31. The molecular weight excluding hydrogens is 298 g/mol. The van der Waals surface area contributed by atoms with Crippen LogP contribution in [0.2, 0.25) is 0 Å². The van der Waals surface area contributed by atoms with Crippen molar-refractivity contribution in [3.05, 3.63) is 35.9 Å². The van der Waals surface area contributed by atoms with Crippen molar-refractivity contribution < 1.29 is 14.6 Å². The van der Waals surface area contributed by atoms with Crippen LogP contribution in [0.15, 0.2) is 30.3 Å². The average Bonchev–Trinajstić information content (AvgIpc) is 2.58. The molecule has 0 aliphatic carbocycles. The normalized spacial score (nSPS) is 17.5. The van der Waals surface area contributed by atoms with Gasteiger partial charge in [0.1, 0.15) is 6.10 Å². The molecule has 1 heterocycles. The number of aliphatic hydroxyl groups excluding tert-OH is 1. The second-order valence-electron chi connectivity index (χ2n) is 5.62. The highest BCUT2D eigenvalue weighted by atomic mass is 32.2. The molecule has 1 atom stereocenters. The summed E-state index contributed by atoms with van der Waals surface area (Å²) < 4.78 is 5.92. The summed E-state index contributed by atoms with van der Waals surface area (Å²) in [6.45, 7) is 1.97. The highest BCUT2D eigenvalue weighted by molar-refractivity contribution is 7.98. The van der Waals surface area contributed by atoms with Crippen molar-refractivity contribution >= 4 is 17.7 Å². The molecule has 22 heavy (non-hydrogen) atoms. The third-order valence-corrected chi connectivity index (χ3v) is 4.61. The molecule has 0 saturated carbocycles. The van der Waals surface area contributed by atoms with Crippen molar-refractivity contribution in [2.24, 2.45) is 0 Å². The molecular formula is C17H25NO3S. The molecule has 5 heteroatoms. The molecule has 0 aromatic heterocycles. The minimum absolute atomic E-state index is 0.129. The Morgan fingerprint density at radius 2 is 2.05 bits per heavy atom. The lowest BCUT2D eigenvalue weighted by Gasteiger charge is -2.33. The van der Waals surface area contributed by atoms with Crippen molar-refractivity contribution in [1.82, 2.24) is 4.90 Å². The van der Waals surface area contributed by atoms with E-state index in [1.807, 2.05) is 24.5 Å². The summed E-state index contributed by atoms with van der Waals surface area (Å²) in [4.78, 5) is 13.9. The molecule has 1 N–H and O–H groups in total. The maximum absolute atomic E-state index is 12.1. The van der Waals surface area contributed by atoms with Crippen LogP contribution >= 0.6 is 11.8 Å². The Labute approximate surface area is 136 Å². The van der Waals surface area contributed by atoms with Crippen LogP contribution in [0.5, 0.6) is 0 Å². The third-order valence-electron chi connectivity index (χ3n) is 3.96. The summed E-state index contributed by atoms with van der Waals surface area (Å²) in [5, 5.41) is 9.88. The minimum Gasteiger partial charge on any atom is -0.383 e. The number of hydrogen-bond acceptors (Lipinski definition) is 4. The van der Waals surface area contributed by atoms with Crippen molar-refractivity contribution in [3.63, 3.8) is 0 Å². The minimum atomic E-state index is -0.853. The fraction of sp³-hybridized carbons (Fsp3) is 0.588. The Morgan fingerprint density at radius 1 is 1.36 bits per heavy atom. The molecule has 0 bridgehead atoms. The number of piperidine rings is 1. The smallest absolute Gasteiger partial charge is 0.251 e. The van der Waals surface area contributed by atoms with E-state index in [1.54, 1.807) is 16.7 Å². The Hall–Kier alpha value is -1.04. The molecule has 1 aromatic carbocycles. The van der Waals surface area contributed by atoms with Gasteiger partial charge >= 0.3 is 0 Å². The van der Waals surface area contributed by atoms with Crippen LogP contribution in [-0.2, 0) is 16.1 Å². The van der Waals surface area contributed by atoms with Crippen LogP contribution in [0, 0.1) is 0 Å². The van der Waals surface area contributed by atoms with Gasteiger partial charge in [-0.05, 0) is 36.8 Å². The summed E-state index contributed by atoms with van der Waals surface area (Å²) in [5.41, 5.74) is 1.17. The van der Waals surface area contributed by atoms with Crippen LogP contribution in [0.1, 0.15) is 24.8 Å². The standard InChI is InChI=1S/C17H25NO3S/c1-22-12-9-16(19)17(20)18-10-7-15(8-11-18)21-13-14-5-3-2-4-6-14/h2-6,15-16,19H,7-13H2,1H3/t16-/m0/s1. The molecule has 0 unspecified atom stereocenters. The van der Waals surface area contributed by atoms with Gasteiger partial charge in [-0.3, -0.25) is 4.79 Å². The van der Waals surface area contributed by atoms with E-state index < -0.39 is 6.10 Å². The monoisotopic (exact) mass is 323 g/mol. The first-order valence-electron chi connectivity index (χ1n) is 7.82. The van der Waals surface area contributed by atoms with E-state index in [1.165, 1.54) is 5.56 Å². The molecule has 4 nitrogen and oxygen atoms in total. The summed E-state index contributed by atoms with van der Waals surface area (Å²) >= 11 is 1.65. The quantitative estimate of drug-likeness (QED) is 0.836. The molecule has 1 saturated heterocycles. The van der Waals surface area contributed by atoms with E-state index in [2.05, 4.69) is 12.1 Å². The predicted molar refractivity (Wildman–Crippen MR) is 89.8 cm³/mol. The number of likely N-dealkylation sites (tertiary alicyclic amines) is 1. The van der Waals surface area contributed by atoms with Gasteiger partial charge < -0.3 is 14.7 Å². The average molecular weight is 323 g/mol. The van der Waals surface area contributed by atoms with Gasteiger partial charge in [-0.2, -0.15) is 11.8 Å². The van der Waals surface area contributed by atoms with Gasteiger partial charge in [0.15, 0.2) is 0 Å². The fourth-order valence-corrected chi connectivity index (χ4v) is 3.05. The first-order valence-corrected chi connectivity index (χ1v) is 9.21. The number of amides is 1. The summed E-state index contributed by atoms with van der Waals surface area (Å²) in [6.07, 6.45) is 3.54. The number of aliphatic hydroxyl groups is 1. The Balaban J connectivity index is 1.70. The van der Waals surface area contributed by atoms with Crippen molar-refractivity contribution in [3.8, 4) is 0 Å². The lowest BCUT2D eigenvalue weighted by Crippen LogP contribution is -2.45. The topological polar surface area (TPSA) is 49.8 Å². The Bertz CT molecular complexity index is 446. The van der Waals surface area contributed by atoms with Crippen LogP contribution < -0.4 is 0 Å². The van der Waals surface area contributed by atoms with Crippen LogP contribution in [-0.4, -0.2) is 53.2 Å². The number of carbonyl (C=O) groups excluding carboxylic acids is 1. The van der Waals surface area contributed by atoms with Crippen molar-refractivity contribution in [1.29, 1.82) is 0 Å². The highest BCUT2D eigenvalue weighted by Gasteiger charge is 2.27. The van der Waals surface area contributed by atoms with Crippen LogP contribution in [0.4, 0.5) is 0 Å². The zero-order chi connectivity index (χ0) is 15.8. The van der Waals surface area contributed by atoms with E-state index in [4.69, 9.17) is 4.74 Å². The highest BCUT2D eigenvalue weighted by Crippen LogP contribution is 2.17. The summed E-state index contributed by atoms with van der Waals surface area (Å²) in [5.74, 6) is 0.680. The molecule has 2 rings (SSSR count). The second-order valence-corrected chi connectivity index (χ2v) is 6.60. The summed E-state index contributed by atoms with van der Waals surface area (Å²) in [6, 6.07) is 10.1. The molecule has 122 valence electrons. The van der Waals surface area contributed by atoms with E-state index in [0.29, 0.717) is 26.1 Å². The number of nitrogens with zero attached hydrogens (tertiary/aromatic N) is 1. The molecule has 0 radical (unpaired) electrons. The van der Waals surface area contributed by atoms with Crippen molar-refractivity contribution in [2.45, 2.75) is 38.1 Å². The molecule has 1 aromatic rings. The van der Waals surface area contributed by atoms with Gasteiger partial charge in [0.25, 0.3) is 5.91 Å². The number of hydrogen-bond donors (Lipinski definition) is 1. The molecule has 1 amide bonds. The first-order chi connectivity index (χ1) is 10.7. The maximum Gasteiger partial charge on any atom is 0.251 e. The lowest BCUT2D eigenvalue weighted by atomic mass is 10.1. The van der Waals surface area contributed by atoms with Gasteiger partial charge in [-0.1, -0.05) is 30.3 Å². The van der Waals surface area contributed by atoms with Gasteiger partial charge in [-0.15, -0.1) is 0 Å². The largest absolute Gasteiger partial charge is 0.383 e. The SMILES string of the molecule is CSCC[C@H](O)C(=O)N1CCC(OCc2ccccc2)CC1. The first kappa shape index (κ1) is 17.3. The number of benzene rings is 1. The molecule has 1 aliphatic heterocycles. The Morgan fingerprint density at radius 3 is 2.68 bits per heavy atom. The number of carbonyl (C=O) groups is 1. The van der Waals surface area contributed by atoms with Gasteiger partial charge in [-0.25, -0.2) is 0 Å². The van der Waals surface area contributed by atoms with E-state index >= 15 is 0 Å². The van der Waals surface area contributed by atoms with E-state index in [-0.39, 0.29) is 12.0 Å².